The predicted octanol–water partition coefficient (Wildman–Crippen LogP) is 2.87. The number of hydrogen-bond donors (Lipinski definition) is 2. The van der Waals surface area contributed by atoms with Gasteiger partial charge in [-0.1, -0.05) is 18.2 Å². The van der Waals surface area contributed by atoms with Gasteiger partial charge in [-0.05, 0) is 55.2 Å². The van der Waals surface area contributed by atoms with E-state index in [1.807, 2.05) is 38.1 Å². The zero-order valence-corrected chi connectivity index (χ0v) is 15.0. The molecule has 0 saturated heterocycles. The molecular weight excluding hydrogens is 318 g/mol. The maximum Gasteiger partial charge on any atom is 0.231 e. The minimum Gasteiger partial charge on any atom is -0.490 e. The molecule has 0 spiro atoms. The normalized spacial score (nSPS) is 13.8. The van der Waals surface area contributed by atoms with Crippen LogP contribution in [0.15, 0.2) is 30.3 Å². The Morgan fingerprint density at radius 3 is 2.68 bits per heavy atom. The molecule has 1 aliphatic heterocycles. The van der Waals surface area contributed by atoms with E-state index >= 15 is 0 Å². The molecule has 134 valence electrons. The van der Waals surface area contributed by atoms with Crippen molar-refractivity contribution in [2.75, 3.05) is 19.9 Å². The summed E-state index contributed by atoms with van der Waals surface area (Å²) in [6.07, 6.45) is -0.576. The molecule has 3 rings (SSSR count). The number of benzene rings is 2. The minimum atomic E-state index is -0.576. The van der Waals surface area contributed by atoms with Crippen LogP contribution >= 0.6 is 0 Å². The molecule has 1 atom stereocenters. The summed E-state index contributed by atoms with van der Waals surface area (Å²) in [5.74, 6) is 2.42. The van der Waals surface area contributed by atoms with Crippen molar-refractivity contribution >= 4 is 0 Å². The molecule has 2 N–H and O–H groups in total. The zero-order chi connectivity index (χ0) is 17.8. The summed E-state index contributed by atoms with van der Waals surface area (Å²) in [7, 11) is 0. The van der Waals surface area contributed by atoms with Crippen molar-refractivity contribution in [3.05, 3.63) is 52.6 Å². The lowest BCUT2D eigenvalue weighted by Crippen LogP contribution is -2.31. The average Bonchev–Trinajstić information content (AvgIpc) is 3.06. The van der Waals surface area contributed by atoms with E-state index in [9.17, 15) is 5.11 Å². The number of rotatable bonds is 7. The van der Waals surface area contributed by atoms with Crippen molar-refractivity contribution in [3.63, 3.8) is 0 Å². The van der Waals surface area contributed by atoms with E-state index in [1.165, 1.54) is 5.56 Å². The second-order valence-corrected chi connectivity index (χ2v) is 6.44. The molecule has 0 aliphatic carbocycles. The first kappa shape index (κ1) is 17.6. The van der Waals surface area contributed by atoms with Gasteiger partial charge in [0.2, 0.25) is 6.79 Å². The number of aliphatic hydroxyl groups excluding tert-OH is 1. The number of ether oxygens (including phenoxy) is 3. The second-order valence-electron chi connectivity index (χ2n) is 6.44. The average molecular weight is 343 g/mol. The van der Waals surface area contributed by atoms with Gasteiger partial charge in [-0.3, -0.25) is 0 Å². The second kappa shape index (κ2) is 7.76. The molecule has 0 aromatic heterocycles. The van der Waals surface area contributed by atoms with Crippen LogP contribution in [0.4, 0.5) is 0 Å². The van der Waals surface area contributed by atoms with Crippen molar-refractivity contribution in [3.8, 4) is 17.2 Å². The van der Waals surface area contributed by atoms with E-state index in [4.69, 9.17) is 14.2 Å². The van der Waals surface area contributed by atoms with Crippen LogP contribution in [0.3, 0.4) is 0 Å². The highest BCUT2D eigenvalue weighted by atomic mass is 16.7. The van der Waals surface area contributed by atoms with E-state index in [1.54, 1.807) is 0 Å². The Bertz CT molecular complexity index is 745. The molecule has 25 heavy (non-hydrogen) atoms. The van der Waals surface area contributed by atoms with Crippen LogP contribution < -0.4 is 19.5 Å². The molecule has 0 radical (unpaired) electrons. The van der Waals surface area contributed by atoms with Gasteiger partial charge >= 0.3 is 0 Å². The Hall–Kier alpha value is -2.24. The number of aryl methyl sites for hydroxylation is 2. The molecule has 5 heteroatoms. The van der Waals surface area contributed by atoms with Gasteiger partial charge in [0.25, 0.3) is 0 Å². The predicted molar refractivity (Wildman–Crippen MR) is 96.4 cm³/mol. The van der Waals surface area contributed by atoms with Crippen LogP contribution in [0.1, 0.15) is 22.3 Å². The van der Waals surface area contributed by atoms with Crippen molar-refractivity contribution in [2.24, 2.45) is 0 Å². The topological polar surface area (TPSA) is 60.0 Å². The third kappa shape index (κ3) is 4.24. The lowest BCUT2D eigenvalue weighted by atomic mass is 10.1. The Morgan fingerprint density at radius 1 is 1.08 bits per heavy atom. The van der Waals surface area contributed by atoms with Crippen molar-refractivity contribution in [2.45, 2.75) is 33.4 Å². The number of hydrogen-bond acceptors (Lipinski definition) is 5. The molecule has 5 nitrogen and oxygen atoms in total. The summed E-state index contributed by atoms with van der Waals surface area (Å²) in [4.78, 5) is 0. The summed E-state index contributed by atoms with van der Waals surface area (Å²) in [5.41, 5.74) is 4.49. The summed E-state index contributed by atoms with van der Waals surface area (Å²) in [5, 5.41) is 13.4. The molecule has 0 bridgehead atoms. The molecule has 2 aromatic carbocycles. The Labute approximate surface area is 148 Å². The van der Waals surface area contributed by atoms with Crippen molar-refractivity contribution in [1.82, 2.24) is 5.32 Å². The quantitative estimate of drug-likeness (QED) is 0.809. The van der Waals surface area contributed by atoms with Gasteiger partial charge in [0, 0.05) is 13.1 Å². The largest absolute Gasteiger partial charge is 0.490 e. The van der Waals surface area contributed by atoms with Crippen molar-refractivity contribution in [1.29, 1.82) is 0 Å². The lowest BCUT2D eigenvalue weighted by molar-refractivity contribution is 0.105. The first-order chi connectivity index (χ1) is 12.0. The highest BCUT2D eigenvalue weighted by Crippen LogP contribution is 2.32. The van der Waals surface area contributed by atoms with E-state index in [2.05, 4.69) is 18.3 Å². The van der Waals surface area contributed by atoms with Gasteiger partial charge in [-0.25, -0.2) is 0 Å². The van der Waals surface area contributed by atoms with Gasteiger partial charge in [-0.2, -0.15) is 0 Å². The van der Waals surface area contributed by atoms with E-state index < -0.39 is 6.10 Å². The van der Waals surface area contributed by atoms with E-state index in [-0.39, 0.29) is 13.4 Å². The summed E-state index contributed by atoms with van der Waals surface area (Å²) < 4.78 is 16.5. The smallest absolute Gasteiger partial charge is 0.231 e. The monoisotopic (exact) mass is 343 g/mol. The number of nitrogens with one attached hydrogen (secondary N) is 1. The van der Waals surface area contributed by atoms with E-state index in [0.29, 0.717) is 13.1 Å². The van der Waals surface area contributed by atoms with Crippen LogP contribution in [-0.4, -0.2) is 31.2 Å². The fraction of sp³-hybridized carbons (Fsp3) is 0.400. The molecule has 2 aromatic rings. The van der Waals surface area contributed by atoms with Gasteiger partial charge in [0.15, 0.2) is 11.5 Å². The number of aliphatic hydroxyl groups is 1. The van der Waals surface area contributed by atoms with Crippen LogP contribution in [0.25, 0.3) is 0 Å². The molecule has 1 aliphatic rings. The minimum absolute atomic E-state index is 0.263. The van der Waals surface area contributed by atoms with Crippen molar-refractivity contribution < 1.29 is 19.3 Å². The molecule has 1 heterocycles. The van der Waals surface area contributed by atoms with Crippen LogP contribution in [0.5, 0.6) is 17.2 Å². The fourth-order valence-corrected chi connectivity index (χ4v) is 2.82. The zero-order valence-electron chi connectivity index (χ0n) is 15.0. The molecule has 0 unspecified atom stereocenters. The first-order valence-corrected chi connectivity index (χ1v) is 8.51. The maximum absolute atomic E-state index is 10.2. The summed E-state index contributed by atoms with van der Waals surface area (Å²) in [6.45, 7) is 7.77. The standard InChI is InChI=1S/C20H25NO4/c1-13-4-5-14(2)20(15(13)3)23-11-17(22)10-21-9-16-6-7-18-19(8-16)25-12-24-18/h4-8,17,21-22H,9-12H2,1-3H3/t17-/m1/s1. The molecule has 0 fully saturated rings. The third-order valence-electron chi connectivity index (χ3n) is 4.44. The molecular formula is C20H25NO4. The fourth-order valence-electron chi connectivity index (χ4n) is 2.82. The molecule has 0 amide bonds. The van der Waals surface area contributed by atoms with Crippen LogP contribution in [-0.2, 0) is 6.54 Å². The third-order valence-corrected chi connectivity index (χ3v) is 4.44. The Kier molecular flexibility index (Phi) is 5.46. The molecule has 0 saturated carbocycles. The van der Waals surface area contributed by atoms with Gasteiger partial charge < -0.3 is 24.6 Å². The van der Waals surface area contributed by atoms with E-state index in [0.717, 1.165) is 33.9 Å². The Morgan fingerprint density at radius 2 is 1.84 bits per heavy atom. The SMILES string of the molecule is Cc1ccc(C)c(OC[C@H](O)CNCc2ccc3c(c2)OCO3)c1C. The first-order valence-electron chi connectivity index (χ1n) is 8.51. The Balaban J connectivity index is 1.46. The van der Waals surface area contributed by atoms with Gasteiger partial charge in [0.1, 0.15) is 18.5 Å². The lowest BCUT2D eigenvalue weighted by Gasteiger charge is -2.17. The van der Waals surface area contributed by atoms with Crippen LogP contribution in [0.2, 0.25) is 0 Å². The highest BCUT2D eigenvalue weighted by Gasteiger charge is 2.13. The highest BCUT2D eigenvalue weighted by molar-refractivity contribution is 5.45. The van der Waals surface area contributed by atoms with Gasteiger partial charge in [-0.15, -0.1) is 0 Å². The van der Waals surface area contributed by atoms with Crippen LogP contribution in [0, 0.1) is 20.8 Å². The maximum atomic E-state index is 10.2. The number of fused-ring (bicyclic) bond motifs is 1. The summed E-state index contributed by atoms with van der Waals surface area (Å²) in [6, 6.07) is 9.98. The summed E-state index contributed by atoms with van der Waals surface area (Å²) >= 11 is 0. The van der Waals surface area contributed by atoms with Gasteiger partial charge in [0.05, 0.1) is 0 Å².